The topological polar surface area (TPSA) is 49.8 Å². The Bertz CT molecular complexity index is 586. The second kappa shape index (κ2) is 8.96. The van der Waals surface area contributed by atoms with Gasteiger partial charge in [0, 0.05) is 12.2 Å². The van der Waals surface area contributed by atoms with Gasteiger partial charge in [-0.05, 0) is 24.6 Å². The number of esters is 1. The molecule has 1 N–H and O–H groups in total. The van der Waals surface area contributed by atoms with Crippen molar-refractivity contribution >= 4 is 11.7 Å². The number of carbonyl (C=O) groups is 1. The van der Waals surface area contributed by atoms with E-state index in [1.807, 2.05) is 65.6 Å². The smallest absolute Gasteiger partial charge is 0.308 e. The van der Waals surface area contributed by atoms with Crippen molar-refractivity contribution in [2.45, 2.75) is 19.4 Å². The van der Waals surface area contributed by atoms with Crippen molar-refractivity contribution in [2.75, 3.05) is 24.7 Å². The number of ether oxygens (including phenoxy) is 1. The van der Waals surface area contributed by atoms with Crippen LogP contribution in [0.15, 0.2) is 60.7 Å². The number of hydrogen-bond donors (Lipinski definition) is 1. The van der Waals surface area contributed by atoms with Crippen LogP contribution in [0, 0.1) is 0 Å². The first-order chi connectivity index (χ1) is 11.3. The minimum Gasteiger partial charge on any atom is -0.466 e. The second-order valence-corrected chi connectivity index (χ2v) is 5.19. The van der Waals surface area contributed by atoms with Crippen LogP contribution < -0.4 is 4.90 Å². The van der Waals surface area contributed by atoms with Crippen LogP contribution in [-0.2, 0) is 9.53 Å². The number of nitrogens with zero attached hydrogens (tertiary/aromatic N) is 1. The van der Waals surface area contributed by atoms with Crippen molar-refractivity contribution in [3.05, 3.63) is 66.2 Å². The fourth-order valence-corrected chi connectivity index (χ4v) is 2.65. The summed E-state index contributed by atoms with van der Waals surface area (Å²) >= 11 is 0. The molecule has 0 aliphatic carbocycles. The maximum atomic E-state index is 12.1. The SMILES string of the molecule is CCOC(=O)CC(c1ccccc1)N(CCO)c1ccccc1. The molecule has 0 radical (unpaired) electrons. The minimum atomic E-state index is -0.236. The number of rotatable bonds is 8. The van der Waals surface area contributed by atoms with Gasteiger partial charge in [0.2, 0.25) is 0 Å². The van der Waals surface area contributed by atoms with E-state index in [9.17, 15) is 9.90 Å². The van der Waals surface area contributed by atoms with Crippen molar-refractivity contribution in [3.63, 3.8) is 0 Å². The average molecular weight is 313 g/mol. The molecule has 1 unspecified atom stereocenters. The molecule has 2 aromatic rings. The van der Waals surface area contributed by atoms with Crippen LogP contribution in [0.4, 0.5) is 5.69 Å². The summed E-state index contributed by atoms with van der Waals surface area (Å²) in [7, 11) is 0. The minimum absolute atomic E-state index is 0.0149. The largest absolute Gasteiger partial charge is 0.466 e. The first-order valence-corrected chi connectivity index (χ1v) is 7.89. The third kappa shape index (κ3) is 4.83. The lowest BCUT2D eigenvalue weighted by atomic mass is 10.0. The molecule has 0 spiro atoms. The van der Waals surface area contributed by atoms with Crippen LogP contribution in [0.2, 0.25) is 0 Å². The zero-order chi connectivity index (χ0) is 16.5. The second-order valence-electron chi connectivity index (χ2n) is 5.19. The zero-order valence-electron chi connectivity index (χ0n) is 13.4. The van der Waals surface area contributed by atoms with E-state index in [1.54, 1.807) is 6.92 Å². The molecular formula is C19H23NO3. The van der Waals surface area contributed by atoms with Gasteiger partial charge in [0.25, 0.3) is 0 Å². The highest BCUT2D eigenvalue weighted by Crippen LogP contribution is 2.29. The van der Waals surface area contributed by atoms with Gasteiger partial charge in [-0.2, -0.15) is 0 Å². The van der Waals surface area contributed by atoms with E-state index in [0.717, 1.165) is 11.3 Å². The molecule has 1 atom stereocenters. The lowest BCUT2D eigenvalue weighted by Crippen LogP contribution is -2.33. The Labute approximate surface area is 137 Å². The molecule has 0 heterocycles. The highest BCUT2D eigenvalue weighted by atomic mass is 16.5. The summed E-state index contributed by atoms with van der Waals surface area (Å²) in [4.78, 5) is 14.1. The third-order valence-electron chi connectivity index (χ3n) is 3.65. The normalized spacial score (nSPS) is 11.7. The number of aliphatic hydroxyl groups excluding tert-OH is 1. The number of anilines is 1. The third-order valence-corrected chi connectivity index (χ3v) is 3.65. The van der Waals surface area contributed by atoms with Gasteiger partial charge >= 0.3 is 5.97 Å². The summed E-state index contributed by atoms with van der Waals surface area (Å²) in [5.74, 6) is -0.236. The number of carbonyl (C=O) groups excluding carboxylic acids is 1. The number of hydrogen-bond acceptors (Lipinski definition) is 4. The standard InChI is InChI=1S/C19H23NO3/c1-2-23-19(22)15-18(16-9-5-3-6-10-16)20(13-14-21)17-11-7-4-8-12-17/h3-12,18,21H,2,13-15H2,1H3. The predicted molar refractivity (Wildman–Crippen MR) is 91.3 cm³/mol. The van der Waals surface area contributed by atoms with Gasteiger partial charge in [0.15, 0.2) is 0 Å². The molecule has 0 amide bonds. The maximum Gasteiger partial charge on any atom is 0.308 e. The van der Waals surface area contributed by atoms with E-state index in [-0.39, 0.29) is 25.0 Å². The first-order valence-electron chi connectivity index (χ1n) is 7.89. The lowest BCUT2D eigenvalue weighted by Gasteiger charge is -2.33. The molecule has 122 valence electrons. The molecule has 2 rings (SSSR count). The fourth-order valence-electron chi connectivity index (χ4n) is 2.65. The van der Waals surface area contributed by atoms with E-state index < -0.39 is 0 Å². The summed E-state index contributed by atoms with van der Waals surface area (Å²) in [5, 5.41) is 9.47. The number of aliphatic hydroxyl groups is 1. The molecule has 0 saturated heterocycles. The summed E-state index contributed by atoms with van der Waals surface area (Å²) in [6.45, 7) is 2.63. The Hall–Kier alpha value is -2.33. The highest BCUT2D eigenvalue weighted by Gasteiger charge is 2.24. The summed E-state index contributed by atoms with van der Waals surface area (Å²) in [5.41, 5.74) is 2.00. The molecule has 0 fully saturated rings. The van der Waals surface area contributed by atoms with Gasteiger partial charge in [-0.15, -0.1) is 0 Å². The van der Waals surface area contributed by atoms with E-state index in [4.69, 9.17) is 4.74 Å². The Kier molecular flexibility index (Phi) is 6.63. The molecule has 23 heavy (non-hydrogen) atoms. The quantitative estimate of drug-likeness (QED) is 0.761. The molecule has 0 saturated carbocycles. The van der Waals surface area contributed by atoms with Crippen LogP contribution in [0.25, 0.3) is 0 Å². The van der Waals surface area contributed by atoms with Crippen molar-refractivity contribution in [1.29, 1.82) is 0 Å². The van der Waals surface area contributed by atoms with Crippen molar-refractivity contribution in [3.8, 4) is 0 Å². The first kappa shape index (κ1) is 17.0. The monoisotopic (exact) mass is 313 g/mol. The molecule has 0 aliphatic heterocycles. The van der Waals surface area contributed by atoms with E-state index in [0.29, 0.717) is 13.2 Å². The van der Waals surface area contributed by atoms with Crippen LogP contribution in [0.5, 0.6) is 0 Å². The predicted octanol–water partition coefficient (Wildman–Crippen LogP) is 3.18. The van der Waals surface area contributed by atoms with Gasteiger partial charge in [0.1, 0.15) is 0 Å². The lowest BCUT2D eigenvalue weighted by molar-refractivity contribution is -0.143. The van der Waals surface area contributed by atoms with E-state index in [2.05, 4.69) is 0 Å². The van der Waals surface area contributed by atoms with Crippen LogP contribution in [-0.4, -0.2) is 30.8 Å². The van der Waals surface area contributed by atoms with Crippen molar-refractivity contribution in [1.82, 2.24) is 0 Å². The van der Waals surface area contributed by atoms with E-state index in [1.165, 1.54) is 0 Å². The Morgan fingerprint density at radius 1 is 1.09 bits per heavy atom. The van der Waals surface area contributed by atoms with Crippen LogP contribution in [0.3, 0.4) is 0 Å². The molecule has 4 heteroatoms. The zero-order valence-corrected chi connectivity index (χ0v) is 13.4. The number of benzene rings is 2. The molecule has 0 aliphatic rings. The van der Waals surface area contributed by atoms with E-state index >= 15 is 0 Å². The Morgan fingerprint density at radius 2 is 1.70 bits per heavy atom. The maximum absolute atomic E-state index is 12.1. The molecule has 4 nitrogen and oxygen atoms in total. The molecule has 2 aromatic carbocycles. The summed E-state index contributed by atoms with van der Waals surface area (Å²) in [6, 6.07) is 19.5. The Balaban J connectivity index is 2.34. The van der Waals surface area contributed by atoms with Crippen LogP contribution >= 0.6 is 0 Å². The highest BCUT2D eigenvalue weighted by molar-refractivity contribution is 5.71. The van der Waals surface area contributed by atoms with Crippen molar-refractivity contribution < 1.29 is 14.6 Å². The van der Waals surface area contributed by atoms with Crippen molar-refractivity contribution in [2.24, 2.45) is 0 Å². The van der Waals surface area contributed by atoms with Gasteiger partial charge in [-0.1, -0.05) is 48.5 Å². The fraction of sp³-hybridized carbons (Fsp3) is 0.316. The average Bonchev–Trinajstić information content (AvgIpc) is 2.60. The summed E-state index contributed by atoms with van der Waals surface area (Å²) in [6.07, 6.45) is 0.243. The van der Waals surface area contributed by atoms with Gasteiger partial charge in [-0.25, -0.2) is 0 Å². The van der Waals surface area contributed by atoms with Gasteiger partial charge < -0.3 is 14.7 Å². The van der Waals surface area contributed by atoms with Crippen LogP contribution in [0.1, 0.15) is 24.9 Å². The number of para-hydroxylation sites is 1. The van der Waals surface area contributed by atoms with Gasteiger partial charge in [0.05, 0.1) is 25.7 Å². The molecule has 0 bridgehead atoms. The Morgan fingerprint density at radius 3 is 2.26 bits per heavy atom. The van der Waals surface area contributed by atoms with Gasteiger partial charge in [-0.3, -0.25) is 4.79 Å². The summed E-state index contributed by atoms with van der Waals surface area (Å²) < 4.78 is 5.13. The molecule has 0 aromatic heterocycles. The molecular weight excluding hydrogens is 290 g/mol.